The highest BCUT2D eigenvalue weighted by Gasteiger charge is 2.40. The molecule has 0 N–H and O–H groups in total. The van der Waals surface area contributed by atoms with Crippen LogP contribution in [0.25, 0.3) is 0 Å². The Hall–Kier alpha value is -2.04. The number of fused-ring (bicyclic) bond motifs is 1. The number of hydrazone groups is 1. The Morgan fingerprint density at radius 2 is 1.83 bits per heavy atom. The van der Waals surface area contributed by atoms with Gasteiger partial charge < -0.3 is 9.47 Å². The summed E-state index contributed by atoms with van der Waals surface area (Å²) in [5.74, 6) is 1.90. The second-order valence-corrected chi connectivity index (χ2v) is 6.51. The zero-order valence-electron chi connectivity index (χ0n) is 14.7. The summed E-state index contributed by atoms with van der Waals surface area (Å²) in [5, 5.41) is 6.42. The van der Waals surface area contributed by atoms with Crippen molar-refractivity contribution in [2.45, 2.75) is 39.0 Å². The van der Waals surface area contributed by atoms with Gasteiger partial charge in [-0.15, -0.1) is 0 Å². The Bertz CT molecular complexity index is 641. The molecule has 130 valence electrons. The van der Waals surface area contributed by atoms with Gasteiger partial charge in [0.2, 0.25) is 5.91 Å². The monoisotopic (exact) mass is 330 g/mol. The fourth-order valence-electron chi connectivity index (χ4n) is 3.84. The number of hydrogen-bond acceptors (Lipinski definition) is 4. The van der Waals surface area contributed by atoms with Crippen molar-refractivity contribution in [3.8, 4) is 11.5 Å². The molecule has 5 nitrogen and oxygen atoms in total. The number of rotatable bonds is 5. The van der Waals surface area contributed by atoms with Crippen LogP contribution in [0.4, 0.5) is 0 Å². The molecule has 1 heterocycles. The molecular weight excluding hydrogens is 304 g/mol. The fourth-order valence-corrected chi connectivity index (χ4v) is 3.84. The van der Waals surface area contributed by atoms with Crippen molar-refractivity contribution in [3.05, 3.63) is 23.8 Å². The molecular formula is C19H26N2O3. The fraction of sp³-hybridized carbons (Fsp3) is 0.579. The van der Waals surface area contributed by atoms with E-state index in [0.717, 1.165) is 43.4 Å². The van der Waals surface area contributed by atoms with Crippen molar-refractivity contribution >= 4 is 11.6 Å². The lowest BCUT2D eigenvalue weighted by molar-refractivity contribution is -0.138. The second-order valence-electron chi connectivity index (χ2n) is 6.51. The van der Waals surface area contributed by atoms with Gasteiger partial charge in [0, 0.05) is 23.9 Å². The predicted octanol–water partition coefficient (Wildman–Crippen LogP) is 3.47. The zero-order chi connectivity index (χ0) is 17.1. The number of carbonyl (C=O) groups is 1. The third-order valence-corrected chi connectivity index (χ3v) is 5.03. The summed E-state index contributed by atoms with van der Waals surface area (Å²) in [6.07, 6.45) is 5.20. The summed E-state index contributed by atoms with van der Waals surface area (Å²) < 4.78 is 10.8. The number of ether oxygens (including phenoxy) is 2. The van der Waals surface area contributed by atoms with Crippen LogP contribution in [-0.2, 0) is 4.79 Å². The van der Waals surface area contributed by atoms with Gasteiger partial charge in [0.05, 0.1) is 19.9 Å². The molecule has 1 aromatic rings. The van der Waals surface area contributed by atoms with E-state index in [1.54, 1.807) is 19.2 Å². The minimum Gasteiger partial charge on any atom is -0.493 e. The number of nitrogens with zero attached hydrogens (tertiary/aromatic N) is 2. The Kier molecular flexibility index (Phi) is 5.07. The topological polar surface area (TPSA) is 51.1 Å². The molecule has 1 aliphatic carbocycles. The quantitative estimate of drug-likeness (QED) is 0.831. The molecule has 1 saturated carbocycles. The number of carbonyl (C=O) groups excluding carboxylic acids is 1. The normalized spacial score (nSPS) is 23.5. The first-order valence-corrected chi connectivity index (χ1v) is 8.81. The van der Waals surface area contributed by atoms with E-state index in [4.69, 9.17) is 14.6 Å². The first kappa shape index (κ1) is 16.8. The largest absolute Gasteiger partial charge is 0.493 e. The molecule has 0 spiro atoms. The Morgan fingerprint density at radius 1 is 1.12 bits per heavy atom. The smallest absolute Gasteiger partial charge is 0.246 e. The highest BCUT2D eigenvalue weighted by atomic mass is 16.5. The van der Waals surface area contributed by atoms with Crippen molar-refractivity contribution in [2.75, 3.05) is 20.8 Å². The van der Waals surface area contributed by atoms with Crippen LogP contribution in [0.2, 0.25) is 0 Å². The van der Waals surface area contributed by atoms with Gasteiger partial charge in [-0.3, -0.25) is 4.79 Å². The molecule has 2 aliphatic rings. The van der Waals surface area contributed by atoms with Crippen LogP contribution in [0, 0.1) is 11.8 Å². The molecule has 0 bridgehead atoms. The Morgan fingerprint density at radius 3 is 2.50 bits per heavy atom. The number of methoxy groups -OCH3 is 2. The maximum Gasteiger partial charge on any atom is 0.246 e. The molecule has 1 aliphatic heterocycles. The molecule has 0 aromatic heterocycles. The van der Waals surface area contributed by atoms with E-state index in [9.17, 15) is 4.79 Å². The maximum atomic E-state index is 12.7. The van der Waals surface area contributed by atoms with Crippen molar-refractivity contribution in [1.82, 2.24) is 5.01 Å². The lowest BCUT2D eigenvalue weighted by Gasteiger charge is -2.38. The Balaban J connectivity index is 2.02. The summed E-state index contributed by atoms with van der Waals surface area (Å²) in [6, 6.07) is 5.91. The van der Waals surface area contributed by atoms with Crippen LogP contribution in [0.5, 0.6) is 11.5 Å². The molecule has 1 aromatic carbocycles. The third-order valence-electron chi connectivity index (χ3n) is 5.03. The summed E-state index contributed by atoms with van der Waals surface area (Å²) in [6.45, 7) is 2.75. The molecule has 3 rings (SSSR count). The molecule has 1 amide bonds. The summed E-state index contributed by atoms with van der Waals surface area (Å²) in [5.41, 5.74) is 2.05. The van der Waals surface area contributed by atoms with Crippen LogP contribution >= 0.6 is 0 Å². The standard InChI is InChI=1S/C19H26N2O3/c1-4-11-21-19(22)15-8-6-5-7-14(15)18(20-21)13-9-10-16(23-2)17(12-13)24-3/h9-10,12,14-15H,4-8,11H2,1-3H3/t14-,15+/m0/s1. The number of amides is 1. The van der Waals surface area contributed by atoms with E-state index in [1.807, 2.05) is 18.2 Å². The molecule has 0 saturated heterocycles. The van der Waals surface area contributed by atoms with Crippen molar-refractivity contribution in [3.63, 3.8) is 0 Å². The minimum absolute atomic E-state index is 0.0749. The van der Waals surface area contributed by atoms with E-state index in [0.29, 0.717) is 18.0 Å². The lowest BCUT2D eigenvalue weighted by Crippen LogP contribution is -2.46. The van der Waals surface area contributed by atoms with Crippen molar-refractivity contribution in [2.24, 2.45) is 16.9 Å². The molecule has 2 atom stereocenters. The molecule has 0 radical (unpaired) electrons. The molecule has 1 fully saturated rings. The highest BCUT2D eigenvalue weighted by Crippen LogP contribution is 2.39. The van der Waals surface area contributed by atoms with E-state index in [-0.39, 0.29) is 17.7 Å². The van der Waals surface area contributed by atoms with Gasteiger partial charge >= 0.3 is 0 Å². The highest BCUT2D eigenvalue weighted by molar-refractivity contribution is 6.07. The van der Waals surface area contributed by atoms with Gasteiger partial charge in [0.25, 0.3) is 0 Å². The van der Waals surface area contributed by atoms with Crippen LogP contribution in [0.1, 0.15) is 44.6 Å². The maximum absolute atomic E-state index is 12.7. The summed E-state index contributed by atoms with van der Waals surface area (Å²) in [7, 11) is 3.27. The SMILES string of the molecule is CCCN1N=C(c2ccc(OC)c(OC)c2)[C@H]2CCCC[C@H]2C1=O. The average Bonchev–Trinajstić information content (AvgIpc) is 2.63. The van der Waals surface area contributed by atoms with Crippen LogP contribution in [0.3, 0.4) is 0 Å². The van der Waals surface area contributed by atoms with E-state index in [2.05, 4.69) is 6.92 Å². The lowest BCUT2D eigenvalue weighted by atomic mass is 9.73. The second kappa shape index (κ2) is 7.24. The zero-order valence-corrected chi connectivity index (χ0v) is 14.7. The molecule has 0 unspecified atom stereocenters. The minimum atomic E-state index is 0.0749. The van der Waals surface area contributed by atoms with Gasteiger partial charge in [-0.1, -0.05) is 19.8 Å². The van der Waals surface area contributed by atoms with E-state index < -0.39 is 0 Å². The van der Waals surface area contributed by atoms with Crippen LogP contribution in [0.15, 0.2) is 23.3 Å². The molecule has 5 heteroatoms. The van der Waals surface area contributed by atoms with Gasteiger partial charge in [0.1, 0.15) is 0 Å². The van der Waals surface area contributed by atoms with Gasteiger partial charge in [-0.05, 0) is 37.5 Å². The average molecular weight is 330 g/mol. The van der Waals surface area contributed by atoms with Gasteiger partial charge in [-0.25, -0.2) is 5.01 Å². The van der Waals surface area contributed by atoms with Gasteiger partial charge in [-0.2, -0.15) is 5.10 Å². The van der Waals surface area contributed by atoms with E-state index >= 15 is 0 Å². The van der Waals surface area contributed by atoms with Crippen molar-refractivity contribution < 1.29 is 14.3 Å². The summed E-state index contributed by atoms with van der Waals surface area (Å²) in [4.78, 5) is 12.7. The van der Waals surface area contributed by atoms with Crippen LogP contribution in [-0.4, -0.2) is 37.4 Å². The predicted molar refractivity (Wildman–Crippen MR) is 93.5 cm³/mol. The molecule has 24 heavy (non-hydrogen) atoms. The number of hydrogen-bond donors (Lipinski definition) is 0. The third kappa shape index (κ3) is 2.99. The summed E-state index contributed by atoms with van der Waals surface area (Å²) >= 11 is 0. The first-order chi connectivity index (χ1) is 11.7. The van der Waals surface area contributed by atoms with E-state index in [1.165, 1.54) is 0 Å². The van der Waals surface area contributed by atoms with Gasteiger partial charge in [0.15, 0.2) is 11.5 Å². The van der Waals surface area contributed by atoms with Crippen LogP contribution < -0.4 is 9.47 Å². The number of benzene rings is 1. The van der Waals surface area contributed by atoms with Crippen molar-refractivity contribution in [1.29, 1.82) is 0 Å². The first-order valence-electron chi connectivity index (χ1n) is 8.81. The Labute approximate surface area is 143 Å².